The Balaban J connectivity index is 1.67. The molecule has 1 amide bonds. The lowest BCUT2D eigenvalue weighted by Gasteiger charge is -2.36. The highest BCUT2D eigenvalue weighted by Gasteiger charge is 2.28. The summed E-state index contributed by atoms with van der Waals surface area (Å²) in [7, 11) is 0. The molecule has 1 N–H and O–H groups in total. The highest BCUT2D eigenvalue weighted by Crippen LogP contribution is 2.21. The highest BCUT2D eigenvalue weighted by molar-refractivity contribution is 8.00. The van der Waals surface area contributed by atoms with E-state index in [1.807, 2.05) is 4.90 Å². The number of thioether (sulfide) groups is 1. The molecule has 2 saturated heterocycles. The fraction of sp³-hybridized carbons (Fsp3) is 0.846. The third-order valence-electron chi connectivity index (χ3n) is 3.93. The largest absolute Gasteiger partial charge is 0.481 e. The molecule has 0 aromatic rings. The van der Waals surface area contributed by atoms with Gasteiger partial charge in [0.1, 0.15) is 0 Å². The number of carboxylic acids is 1. The fourth-order valence-electron chi connectivity index (χ4n) is 2.90. The summed E-state index contributed by atoms with van der Waals surface area (Å²) < 4.78 is 0. The zero-order valence-corrected chi connectivity index (χ0v) is 12.0. The zero-order chi connectivity index (χ0) is 13.7. The number of hydrogen-bond acceptors (Lipinski definition) is 4. The zero-order valence-electron chi connectivity index (χ0n) is 11.2. The van der Waals surface area contributed by atoms with Gasteiger partial charge in [-0.05, 0) is 38.8 Å². The van der Waals surface area contributed by atoms with Crippen LogP contribution in [0.3, 0.4) is 0 Å². The van der Waals surface area contributed by atoms with Crippen molar-refractivity contribution in [1.29, 1.82) is 0 Å². The van der Waals surface area contributed by atoms with Gasteiger partial charge in [-0.2, -0.15) is 0 Å². The molecule has 0 aliphatic carbocycles. The maximum absolute atomic E-state index is 11.9. The number of amides is 1. The van der Waals surface area contributed by atoms with E-state index in [0.29, 0.717) is 11.8 Å². The van der Waals surface area contributed by atoms with Crippen LogP contribution >= 0.6 is 11.8 Å². The van der Waals surface area contributed by atoms with Gasteiger partial charge in [-0.15, -0.1) is 11.8 Å². The number of aliphatic carboxylic acids is 1. The van der Waals surface area contributed by atoms with Crippen LogP contribution in [0.5, 0.6) is 0 Å². The number of piperidine rings is 1. The molecule has 0 spiro atoms. The quantitative estimate of drug-likeness (QED) is 0.813. The van der Waals surface area contributed by atoms with Gasteiger partial charge in [0.05, 0.1) is 11.5 Å². The molecule has 0 bridgehead atoms. The molecule has 0 unspecified atom stereocenters. The summed E-state index contributed by atoms with van der Waals surface area (Å²) in [5.41, 5.74) is 0. The van der Waals surface area contributed by atoms with Crippen molar-refractivity contribution in [1.82, 2.24) is 9.80 Å². The van der Waals surface area contributed by atoms with Crippen molar-refractivity contribution in [3.63, 3.8) is 0 Å². The van der Waals surface area contributed by atoms with Crippen molar-refractivity contribution in [2.75, 3.05) is 37.7 Å². The topological polar surface area (TPSA) is 60.9 Å². The average molecular weight is 286 g/mol. The van der Waals surface area contributed by atoms with E-state index in [9.17, 15) is 9.59 Å². The van der Waals surface area contributed by atoms with E-state index in [2.05, 4.69) is 4.90 Å². The molecule has 108 valence electrons. The second kappa shape index (κ2) is 7.14. The molecule has 5 nitrogen and oxygen atoms in total. The van der Waals surface area contributed by atoms with E-state index in [1.54, 1.807) is 0 Å². The monoisotopic (exact) mass is 286 g/mol. The smallest absolute Gasteiger partial charge is 0.313 e. The minimum Gasteiger partial charge on any atom is -0.481 e. The fourth-order valence-corrected chi connectivity index (χ4v) is 3.54. The van der Waals surface area contributed by atoms with Crippen molar-refractivity contribution in [2.45, 2.75) is 31.7 Å². The van der Waals surface area contributed by atoms with Crippen molar-refractivity contribution < 1.29 is 14.7 Å². The lowest BCUT2D eigenvalue weighted by Crippen LogP contribution is -2.46. The Morgan fingerprint density at radius 3 is 2.26 bits per heavy atom. The SMILES string of the molecule is O=C(O)CSCC(=O)N1CCC(N2CCCC2)CC1. The van der Waals surface area contributed by atoms with E-state index in [-0.39, 0.29) is 11.7 Å². The van der Waals surface area contributed by atoms with Gasteiger partial charge in [-0.3, -0.25) is 9.59 Å². The van der Waals surface area contributed by atoms with Gasteiger partial charge >= 0.3 is 5.97 Å². The van der Waals surface area contributed by atoms with Crippen molar-refractivity contribution in [3.8, 4) is 0 Å². The Labute approximate surface area is 118 Å². The lowest BCUT2D eigenvalue weighted by atomic mass is 10.0. The Morgan fingerprint density at radius 2 is 1.68 bits per heavy atom. The van der Waals surface area contributed by atoms with Crippen LogP contribution in [-0.4, -0.2) is 70.5 Å². The summed E-state index contributed by atoms with van der Waals surface area (Å²) in [6, 6.07) is 0.651. The Kier molecular flexibility index (Phi) is 5.51. The number of nitrogens with zero attached hydrogens (tertiary/aromatic N) is 2. The van der Waals surface area contributed by atoms with Crippen LogP contribution in [0.4, 0.5) is 0 Å². The predicted molar refractivity (Wildman–Crippen MR) is 75.4 cm³/mol. The molecule has 0 aromatic heterocycles. The normalized spacial score (nSPS) is 21.8. The molecule has 2 heterocycles. The van der Waals surface area contributed by atoms with E-state index < -0.39 is 5.97 Å². The Hall–Kier alpha value is -0.750. The molecule has 0 radical (unpaired) electrons. The van der Waals surface area contributed by atoms with Crippen molar-refractivity contribution in [3.05, 3.63) is 0 Å². The molecule has 0 saturated carbocycles. The van der Waals surface area contributed by atoms with Crippen LogP contribution in [0.1, 0.15) is 25.7 Å². The van der Waals surface area contributed by atoms with Gasteiger partial charge in [0.15, 0.2) is 0 Å². The molecule has 0 atom stereocenters. The number of carboxylic acid groups (broad SMARTS) is 1. The van der Waals surface area contributed by atoms with E-state index in [4.69, 9.17) is 5.11 Å². The lowest BCUT2D eigenvalue weighted by molar-refractivity contribution is -0.133. The van der Waals surface area contributed by atoms with E-state index in [1.165, 1.54) is 37.7 Å². The minimum absolute atomic E-state index is 0.00990. The Bertz CT molecular complexity index is 324. The van der Waals surface area contributed by atoms with Crippen molar-refractivity contribution >= 4 is 23.6 Å². The van der Waals surface area contributed by atoms with Crippen LogP contribution in [-0.2, 0) is 9.59 Å². The number of hydrogen-bond donors (Lipinski definition) is 1. The first kappa shape index (κ1) is 14.7. The van der Waals surface area contributed by atoms with Crippen LogP contribution in [0, 0.1) is 0 Å². The summed E-state index contributed by atoms with van der Waals surface area (Å²) in [5.74, 6) is -0.465. The second-order valence-corrected chi connectivity index (χ2v) is 6.23. The maximum Gasteiger partial charge on any atom is 0.313 e. The van der Waals surface area contributed by atoms with Gasteiger partial charge < -0.3 is 14.9 Å². The third-order valence-corrected chi connectivity index (χ3v) is 4.83. The first-order chi connectivity index (χ1) is 9.16. The Morgan fingerprint density at radius 1 is 1.05 bits per heavy atom. The first-order valence-corrected chi connectivity index (χ1v) is 8.13. The van der Waals surface area contributed by atoms with Gasteiger partial charge in [-0.1, -0.05) is 0 Å². The third kappa shape index (κ3) is 4.38. The number of carbonyl (C=O) groups is 2. The van der Waals surface area contributed by atoms with Gasteiger partial charge in [-0.25, -0.2) is 0 Å². The maximum atomic E-state index is 11.9. The summed E-state index contributed by atoms with van der Waals surface area (Å²) in [6.45, 7) is 4.08. The van der Waals surface area contributed by atoms with Crippen LogP contribution in [0.2, 0.25) is 0 Å². The molecule has 2 rings (SSSR count). The first-order valence-electron chi connectivity index (χ1n) is 6.98. The number of carbonyl (C=O) groups excluding carboxylic acids is 1. The molecule has 2 fully saturated rings. The molecular formula is C13H22N2O3S. The molecule has 6 heteroatoms. The van der Waals surface area contributed by atoms with Gasteiger partial charge in [0.2, 0.25) is 5.91 Å². The van der Waals surface area contributed by atoms with E-state index >= 15 is 0 Å². The molecule has 2 aliphatic heterocycles. The molecule has 0 aromatic carbocycles. The summed E-state index contributed by atoms with van der Waals surface area (Å²) in [4.78, 5) is 26.7. The van der Waals surface area contributed by atoms with Crippen LogP contribution in [0.15, 0.2) is 0 Å². The highest BCUT2D eigenvalue weighted by atomic mass is 32.2. The average Bonchev–Trinajstić information content (AvgIpc) is 2.92. The van der Waals surface area contributed by atoms with E-state index in [0.717, 1.165) is 25.9 Å². The summed E-state index contributed by atoms with van der Waals surface area (Å²) >= 11 is 1.19. The predicted octanol–water partition coefficient (Wildman–Crippen LogP) is 0.891. The minimum atomic E-state index is -0.856. The van der Waals surface area contributed by atoms with Crippen LogP contribution < -0.4 is 0 Å². The summed E-state index contributed by atoms with van der Waals surface area (Å²) in [6.07, 6.45) is 4.75. The molecule has 19 heavy (non-hydrogen) atoms. The molecular weight excluding hydrogens is 264 g/mol. The second-order valence-electron chi connectivity index (χ2n) is 5.24. The van der Waals surface area contributed by atoms with Gasteiger partial charge in [0, 0.05) is 19.1 Å². The standard InChI is InChI=1S/C13H22N2O3S/c16-12(9-19-10-13(17)18)15-7-3-11(4-8-15)14-5-1-2-6-14/h11H,1-10H2,(H,17,18). The molecule has 2 aliphatic rings. The van der Waals surface area contributed by atoms with Gasteiger partial charge in [0.25, 0.3) is 0 Å². The number of rotatable bonds is 5. The number of likely N-dealkylation sites (tertiary alicyclic amines) is 2. The van der Waals surface area contributed by atoms with Crippen molar-refractivity contribution in [2.24, 2.45) is 0 Å². The van der Waals surface area contributed by atoms with Crippen LogP contribution in [0.25, 0.3) is 0 Å². The summed E-state index contributed by atoms with van der Waals surface area (Å²) in [5, 5.41) is 8.54.